The van der Waals surface area contributed by atoms with E-state index in [0.717, 1.165) is 23.4 Å². The number of nitrogens with zero attached hydrogens (tertiary/aromatic N) is 2. The third-order valence-corrected chi connectivity index (χ3v) is 5.25. The van der Waals surface area contributed by atoms with Gasteiger partial charge < -0.3 is 14.2 Å². The molecule has 0 radical (unpaired) electrons. The zero-order valence-corrected chi connectivity index (χ0v) is 18.2. The van der Waals surface area contributed by atoms with Gasteiger partial charge in [-0.05, 0) is 41.6 Å². The second-order valence-corrected chi connectivity index (χ2v) is 7.47. The van der Waals surface area contributed by atoms with Gasteiger partial charge in [0.1, 0.15) is 6.61 Å². The van der Waals surface area contributed by atoms with E-state index >= 15 is 0 Å². The highest BCUT2D eigenvalue weighted by molar-refractivity contribution is 8.18. The van der Waals surface area contributed by atoms with Gasteiger partial charge in [-0.25, -0.2) is 4.79 Å². The van der Waals surface area contributed by atoms with Crippen molar-refractivity contribution in [3.8, 4) is 11.5 Å². The van der Waals surface area contributed by atoms with Gasteiger partial charge in [0, 0.05) is 16.7 Å². The largest absolute Gasteiger partial charge is 0.493 e. The Labute approximate surface area is 187 Å². The minimum absolute atomic E-state index is 0.181. The summed E-state index contributed by atoms with van der Waals surface area (Å²) in [5.41, 5.74) is 1.56. The topological polar surface area (TPSA) is 98.6 Å². The van der Waals surface area contributed by atoms with Gasteiger partial charge in [-0.1, -0.05) is 29.8 Å². The molecule has 0 spiro atoms. The van der Waals surface area contributed by atoms with Gasteiger partial charge >= 0.3 is 5.97 Å². The molecule has 1 amide bonds. The van der Waals surface area contributed by atoms with Crippen LogP contribution in [0.1, 0.15) is 11.1 Å². The number of benzene rings is 2. The lowest BCUT2D eigenvalue weighted by atomic mass is 10.2. The fraction of sp³-hybridized carbons (Fsp3) is 0.143. The molecule has 1 aliphatic heterocycles. The summed E-state index contributed by atoms with van der Waals surface area (Å²) in [6.45, 7) is 0.275. The zero-order chi connectivity index (χ0) is 22.2. The van der Waals surface area contributed by atoms with Crippen molar-refractivity contribution in [2.75, 3.05) is 14.2 Å². The standard InChI is InChI=1S/C21H18ClN3O5S/c1-28-16-8-7-13(9-17(16)30-12-14-5-3-4-6-15(14)22)11-23-25-21-24-20(27)18(31-21)10-19(26)29-2/h3-11H,12H2,1-2H3,(H,24,25,27)/b18-10+,23-11?. The van der Waals surface area contributed by atoms with Crippen molar-refractivity contribution in [3.63, 3.8) is 0 Å². The van der Waals surface area contributed by atoms with Crippen LogP contribution in [-0.4, -0.2) is 37.5 Å². The van der Waals surface area contributed by atoms with E-state index in [9.17, 15) is 9.59 Å². The SMILES string of the molecule is COC(=O)/C=C1/S/C(=N\N=Cc2ccc(OC)c(OCc3ccccc3Cl)c2)NC1=O. The molecule has 1 aliphatic rings. The summed E-state index contributed by atoms with van der Waals surface area (Å²) in [7, 11) is 2.79. The van der Waals surface area contributed by atoms with E-state index in [2.05, 4.69) is 20.3 Å². The third-order valence-electron chi connectivity index (χ3n) is 3.99. The molecule has 0 aliphatic carbocycles. The van der Waals surface area contributed by atoms with E-state index < -0.39 is 11.9 Å². The molecule has 0 aromatic heterocycles. The highest BCUT2D eigenvalue weighted by Gasteiger charge is 2.25. The van der Waals surface area contributed by atoms with E-state index in [-0.39, 0.29) is 16.7 Å². The molecule has 10 heteroatoms. The Morgan fingerprint density at radius 2 is 2.00 bits per heavy atom. The predicted molar refractivity (Wildman–Crippen MR) is 120 cm³/mol. The Bertz CT molecular complexity index is 1080. The number of hydrogen-bond donors (Lipinski definition) is 1. The number of methoxy groups -OCH3 is 2. The zero-order valence-electron chi connectivity index (χ0n) is 16.6. The van der Waals surface area contributed by atoms with Crippen molar-refractivity contribution in [3.05, 3.63) is 69.6 Å². The lowest BCUT2D eigenvalue weighted by Gasteiger charge is -2.12. The van der Waals surface area contributed by atoms with Crippen LogP contribution in [0.2, 0.25) is 5.02 Å². The van der Waals surface area contributed by atoms with Crippen LogP contribution in [-0.2, 0) is 20.9 Å². The average Bonchev–Trinajstić information content (AvgIpc) is 3.12. The van der Waals surface area contributed by atoms with Crippen LogP contribution in [0, 0.1) is 0 Å². The van der Waals surface area contributed by atoms with Crippen LogP contribution in [0.25, 0.3) is 0 Å². The summed E-state index contributed by atoms with van der Waals surface area (Å²) in [4.78, 5) is 23.3. The second kappa shape index (κ2) is 10.6. The molecule has 0 unspecified atom stereocenters. The number of rotatable bonds is 7. The minimum Gasteiger partial charge on any atom is -0.493 e. The Morgan fingerprint density at radius 1 is 1.19 bits per heavy atom. The summed E-state index contributed by atoms with van der Waals surface area (Å²) < 4.78 is 15.7. The number of amides is 1. The number of ether oxygens (including phenoxy) is 3. The van der Waals surface area contributed by atoms with E-state index in [1.54, 1.807) is 31.4 Å². The van der Waals surface area contributed by atoms with Crippen molar-refractivity contribution in [2.45, 2.75) is 6.61 Å². The number of halogens is 1. The van der Waals surface area contributed by atoms with Gasteiger partial charge in [-0.3, -0.25) is 10.1 Å². The maximum Gasteiger partial charge on any atom is 0.331 e. The molecule has 160 valence electrons. The highest BCUT2D eigenvalue weighted by atomic mass is 35.5. The molecule has 1 heterocycles. The number of esters is 1. The number of carbonyl (C=O) groups is 2. The van der Waals surface area contributed by atoms with Crippen LogP contribution in [0.5, 0.6) is 11.5 Å². The van der Waals surface area contributed by atoms with Crippen LogP contribution >= 0.6 is 23.4 Å². The molecule has 8 nitrogen and oxygen atoms in total. The van der Waals surface area contributed by atoms with Gasteiger partial charge in [0.2, 0.25) is 0 Å². The van der Waals surface area contributed by atoms with Crippen molar-refractivity contribution in [2.24, 2.45) is 10.2 Å². The molecular weight excluding hydrogens is 442 g/mol. The van der Waals surface area contributed by atoms with Crippen molar-refractivity contribution >= 4 is 46.6 Å². The number of amidine groups is 1. The first-order valence-electron chi connectivity index (χ1n) is 8.94. The maximum absolute atomic E-state index is 11.8. The summed E-state index contributed by atoms with van der Waals surface area (Å²) in [5.74, 6) is 0.0200. The van der Waals surface area contributed by atoms with E-state index in [0.29, 0.717) is 22.1 Å². The van der Waals surface area contributed by atoms with E-state index in [1.807, 2.05) is 18.2 Å². The van der Waals surface area contributed by atoms with Gasteiger partial charge in [-0.2, -0.15) is 5.10 Å². The molecule has 1 fully saturated rings. The Hall–Kier alpha value is -3.30. The van der Waals surface area contributed by atoms with Gasteiger partial charge in [-0.15, -0.1) is 5.10 Å². The van der Waals surface area contributed by atoms with Crippen LogP contribution in [0.15, 0.2) is 63.6 Å². The number of carbonyl (C=O) groups excluding carboxylic acids is 2. The molecule has 2 aromatic rings. The number of thioether (sulfide) groups is 1. The van der Waals surface area contributed by atoms with E-state index in [4.69, 9.17) is 21.1 Å². The van der Waals surface area contributed by atoms with Gasteiger partial charge in [0.15, 0.2) is 16.7 Å². The quantitative estimate of drug-likeness (QED) is 0.294. The first kappa shape index (κ1) is 22.4. The van der Waals surface area contributed by atoms with Crippen LogP contribution < -0.4 is 14.8 Å². The monoisotopic (exact) mass is 459 g/mol. The first-order chi connectivity index (χ1) is 15.0. The summed E-state index contributed by atoms with van der Waals surface area (Å²) in [5, 5.41) is 11.3. The number of nitrogens with one attached hydrogen (secondary N) is 1. The third kappa shape index (κ3) is 6.09. The maximum atomic E-state index is 11.8. The van der Waals surface area contributed by atoms with Crippen molar-refractivity contribution in [1.29, 1.82) is 0 Å². The molecule has 2 aromatic carbocycles. The summed E-state index contributed by atoms with van der Waals surface area (Å²) in [6.07, 6.45) is 2.60. The lowest BCUT2D eigenvalue weighted by Crippen LogP contribution is -2.19. The smallest absolute Gasteiger partial charge is 0.331 e. The lowest BCUT2D eigenvalue weighted by molar-refractivity contribution is -0.135. The fourth-order valence-electron chi connectivity index (χ4n) is 2.45. The molecule has 0 bridgehead atoms. The fourth-order valence-corrected chi connectivity index (χ4v) is 3.38. The number of hydrogen-bond acceptors (Lipinski definition) is 8. The van der Waals surface area contributed by atoms with Gasteiger partial charge in [0.05, 0.1) is 25.3 Å². The molecule has 1 saturated heterocycles. The molecule has 1 N–H and O–H groups in total. The van der Waals surface area contributed by atoms with Crippen LogP contribution in [0.4, 0.5) is 0 Å². The summed E-state index contributed by atoms with van der Waals surface area (Å²) in [6, 6.07) is 12.7. The Morgan fingerprint density at radius 3 is 2.74 bits per heavy atom. The van der Waals surface area contributed by atoms with Crippen molar-refractivity contribution < 1.29 is 23.8 Å². The second-order valence-electron chi connectivity index (χ2n) is 6.03. The molecular formula is C21H18ClN3O5S. The first-order valence-corrected chi connectivity index (χ1v) is 10.1. The highest BCUT2D eigenvalue weighted by Crippen LogP contribution is 2.29. The molecule has 3 rings (SSSR count). The normalized spacial score (nSPS) is 16.0. The summed E-state index contributed by atoms with van der Waals surface area (Å²) >= 11 is 7.17. The average molecular weight is 460 g/mol. The van der Waals surface area contributed by atoms with E-state index in [1.165, 1.54) is 13.3 Å². The predicted octanol–water partition coefficient (Wildman–Crippen LogP) is 3.54. The van der Waals surface area contributed by atoms with Crippen molar-refractivity contribution in [1.82, 2.24) is 5.32 Å². The molecule has 0 atom stereocenters. The molecule has 31 heavy (non-hydrogen) atoms. The van der Waals surface area contributed by atoms with Crippen LogP contribution in [0.3, 0.4) is 0 Å². The Kier molecular flexibility index (Phi) is 7.69. The van der Waals surface area contributed by atoms with Gasteiger partial charge in [0.25, 0.3) is 5.91 Å². The Balaban J connectivity index is 1.70. The minimum atomic E-state index is -0.620. The molecule has 0 saturated carbocycles.